The molecule has 1 aromatic carbocycles. The van der Waals surface area contributed by atoms with E-state index in [1.807, 2.05) is 6.92 Å². The summed E-state index contributed by atoms with van der Waals surface area (Å²) in [4.78, 5) is 4.29. The molecule has 0 radical (unpaired) electrons. The number of benzene rings is 1. The second-order valence-corrected chi connectivity index (χ2v) is 8.24. The number of fused-ring (bicyclic) bond motifs is 5. The summed E-state index contributed by atoms with van der Waals surface area (Å²) in [5, 5.41) is 14.3. The molecule has 158 valence electrons. The Labute approximate surface area is 179 Å². The number of aromatic nitrogens is 3. The molecule has 1 fully saturated rings. The highest BCUT2D eigenvalue weighted by Gasteiger charge is 2.46. The summed E-state index contributed by atoms with van der Waals surface area (Å²) in [6.45, 7) is 1.82. The van der Waals surface area contributed by atoms with Gasteiger partial charge >= 0.3 is 0 Å². The monoisotopic (exact) mass is 419 g/mol. The highest BCUT2D eigenvalue weighted by atomic mass is 19.1. The molecule has 2 aromatic heterocycles. The highest BCUT2D eigenvalue weighted by molar-refractivity contribution is 5.73. The van der Waals surface area contributed by atoms with Crippen LogP contribution in [0.4, 0.5) is 10.2 Å². The number of rotatable bonds is 0. The quantitative estimate of drug-likeness (QED) is 0.590. The van der Waals surface area contributed by atoms with Crippen molar-refractivity contribution in [2.75, 3.05) is 5.73 Å². The molecular formula is C23H22FN5O2. The number of anilines is 1. The maximum absolute atomic E-state index is 14.1. The fourth-order valence-electron chi connectivity index (χ4n) is 4.18. The molecule has 1 atom stereocenters. The maximum Gasteiger partial charge on any atom is 0.166 e. The van der Waals surface area contributed by atoms with Gasteiger partial charge in [0.15, 0.2) is 11.6 Å². The van der Waals surface area contributed by atoms with E-state index in [9.17, 15) is 9.65 Å². The Bertz CT molecular complexity index is 1230. The fourth-order valence-corrected chi connectivity index (χ4v) is 4.18. The number of nitrogens with zero attached hydrogens (tertiary/aromatic N) is 4. The molecule has 7 nitrogen and oxygen atoms in total. The van der Waals surface area contributed by atoms with Crippen molar-refractivity contribution in [2.24, 2.45) is 7.05 Å². The molecule has 1 saturated carbocycles. The van der Waals surface area contributed by atoms with E-state index in [4.69, 9.17) is 15.2 Å². The van der Waals surface area contributed by atoms with Gasteiger partial charge in [0.2, 0.25) is 0 Å². The van der Waals surface area contributed by atoms with Crippen LogP contribution in [0.1, 0.15) is 49.2 Å². The topological polar surface area (TPSA) is 99.0 Å². The van der Waals surface area contributed by atoms with Gasteiger partial charge in [0.25, 0.3) is 0 Å². The summed E-state index contributed by atoms with van der Waals surface area (Å²) >= 11 is 0. The van der Waals surface area contributed by atoms with E-state index < -0.39 is 6.10 Å². The predicted molar refractivity (Wildman–Crippen MR) is 112 cm³/mol. The van der Waals surface area contributed by atoms with Crippen molar-refractivity contribution in [3.8, 4) is 28.7 Å². The normalized spacial score (nSPS) is 18.8. The third-order valence-electron chi connectivity index (χ3n) is 6.06. The molecule has 0 unspecified atom stereocenters. The molecule has 1 aliphatic heterocycles. The van der Waals surface area contributed by atoms with Crippen LogP contribution in [0.5, 0.6) is 11.5 Å². The Morgan fingerprint density at radius 1 is 1.26 bits per heavy atom. The van der Waals surface area contributed by atoms with Crippen molar-refractivity contribution in [1.29, 1.82) is 5.26 Å². The van der Waals surface area contributed by atoms with Crippen LogP contribution in [0, 0.1) is 17.1 Å². The van der Waals surface area contributed by atoms with Gasteiger partial charge in [-0.3, -0.25) is 4.68 Å². The van der Waals surface area contributed by atoms with Gasteiger partial charge in [-0.25, -0.2) is 9.37 Å². The molecule has 2 aliphatic rings. The molecular weight excluding hydrogens is 397 g/mol. The molecule has 2 N–H and O–H groups in total. The standard InChI is InChI=1S/C23H22FN5O2/c1-13-16-10-15(24)3-4-19(16)31-23(7-8-23)6-5-17-21(18(11-25)29(2)28-17)14-9-20(30-13)22(26)27-12-14/h3-4,9-10,12-13H,5-8H2,1-2H3,(H2,26,27)/t13-/m1/s1. The van der Waals surface area contributed by atoms with Crippen LogP contribution in [-0.4, -0.2) is 20.4 Å². The molecule has 3 aromatic rings. The van der Waals surface area contributed by atoms with Gasteiger partial charge in [0.1, 0.15) is 35.0 Å². The second kappa shape index (κ2) is 6.98. The van der Waals surface area contributed by atoms with Crippen molar-refractivity contribution >= 4 is 5.82 Å². The third kappa shape index (κ3) is 3.36. The fraction of sp³-hybridized carbons (Fsp3) is 0.348. The summed E-state index contributed by atoms with van der Waals surface area (Å²) in [5.41, 5.74) is 9.07. The smallest absolute Gasteiger partial charge is 0.166 e. The van der Waals surface area contributed by atoms with E-state index in [1.54, 1.807) is 30.1 Å². The first-order chi connectivity index (χ1) is 14.9. The average Bonchev–Trinajstić information content (AvgIpc) is 3.43. The van der Waals surface area contributed by atoms with Crippen LogP contribution in [0.15, 0.2) is 30.5 Å². The number of hydrogen-bond acceptors (Lipinski definition) is 6. The number of ether oxygens (including phenoxy) is 2. The van der Waals surface area contributed by atoms with Crippen molar-refractivity contribution in [3.05, 3.63) is 53.2 Å². The van der Waals surface area contributed by atoms with Crippen molar-refractivity contribution in [1.82, 2.24) is 14.8 Å². The summed E-state index contributed by atoms with van der Waals surface area (Å²) in [7, 11) is 1.76. The lowest BCUT2D eigenvalue weighted by Gasteiger charge is -2.23. The lowest BCUT2D eigenvalue weighted by Crippen LogP contribution is -2.21. The van der Waals surface area contributed by atoms with E-state index >= 15 is 0 Å². The zero-order valence-corrected chi connectivity index (χ0v) is 17.4. The first kappa shape index (κ1) is 19.4. The molecule has 0 saturated heterocycles. The van der Waals surface area contributed by atoms with Crippen LogP contribution in [0.2, 0.25) is 0 Å². The summed E-state index contributed by atoms with van der Waals surface area (Å²) < 4.78 is 28.2. The van der Waals surface area contributed by atoms with Crippen LogP contribution in [-0.2, 0) is 13.5 Å². The minimum atomic E-state index is -0.523. The number of hydrogen-bond donors (Lipinski definition) is 1. The first-order valence-corrected chi connectivity index (χ1v) is 10.3. The predicted octanol–water partition coefficient (Wildman–Crippen LogP) is 4.07. The Kier molecular flexibility index (Phi) is 4.36. The molecule has 31 heavy (non-hydrogen) atoms. The summed E-state index contributed by atoms with van der Waals surface area (Å²) in [6.07, 6.45) is 4.31. The van der Waals surface area contributed by atoms with Crippen molar-refractivity contribution in [2.45, 2.75) is 44.3 Å². The third-order valence-corrected chi connectivity index (χ3v) is 6.06. The van der Waals surface area contributed by atoms with E-state index in [-0.39, 0.29) is 17.2 Å². The Morgan fingerprint density at radius 2 is 2.06 bits per heavy atom. The Hall–Kier alpha value is -3.60. The Balaban J connectivity index is 1.68. The van der Waals surface area contributed by atoms with E-state index in [2.05, 4.69) is 16.2 Å². The van der Waals surface area contributed by atoms with Gasteiger partial charge < -0.3 is 15.2 Å². The number of nitrogens with two attached hydrogens (primary N) is 1. The molecule has 0 amide bonds. The zero-order valence-electron chi connectivity index (χ0n) is 17.4. The van der Waals surface area contributed by atoms with Gasteiger partial charge in [0.05, 0.1) is 5.69 Å². The second-order valence-electron chi connectivity index (χ2n) is 8.24. The average molecular weight is 419 g/mol. The summed E-state index contributed by atoms with van der Waals surface area (Å²) in [6, 6.07) is 8.50. The van der Waals surface area contributed by atoms with E-state index in [0.717, 1.165) is 30.5 Å². The van der Waals surface area contributed by atoms with Gasteiger partial charge in [-0.1, -0.05) is 0 Å². The lowest BCUT2D eigenvalue weighted by molar-refractivity contribution is 0.156. The highest BCUT2D eigenvalue weighted by Crippen LogP contribution is 2.47. The lowest BCUT2D eigenvalue weighted by atomic mass is 10.0. The Morgan fingerprint density at radius 3 is 2.81 bits per heavy atom. The van der Waals surface area contributed by atoms with Crippen molar-refractivity contribution in [3.63, 3.8) is 0 Å². The van der Waals surface area contributed by atoms with Gasteiger partial charge in [0, 0.05) is 29.9 Å². The van der Waals surface area contributed by atoms with Gasteiger partial charge in [-0.05, 0) is 56.9 Å². The van der Waals surface area contributed by atoms with E-state index in [0.29, 0.717) is 34.7 Å². The maximum atomic E-state index is 14.1. The minimum Gasteiger partial charge on any atom is -0.487 e. The van der Waals surface area contributed by atoms with Crippen LogP contribution in [0.3, 0.4) is 0 Å². The van der Waals surface area contributed by atoms with Gasteiger partial charge in [-0.2, -0.15) is 10.4 Å². The summed E-state index contributed by atoms with van der Waals surface area (Å²) in [5.74, 6) is 0.820. The van der Waals surface area contributed by atoms with E-state index in [1.165, 1.54) is 12.1 Å². The molecule has 3 heterocycles. The van der Waals surface area contributed by atoms with Crippen LogP contribution >= 0.6 is 0 Å². The number of halogens is 1. The molecule has 8 heteroatoms. The zero-order chi connectivity index (χ0) is 21.8. The number of pyridine rings is 1. The molecule has 1 spiro atoms. The van der Waals surface area contributed by atoms with Crippen LogP contribution < -0.4 is 15.2 Å². The first-order valence-electron chi connectivity index (χ1n) is 10.3. The molecule has 1 aliphatic carbocycles. The number of nitriles is 1. The minimum absolute atomic E-state index is 0.215. The number of nitrogen functional groups attached to an aromatic ring is 1. The largest absolute Gasteiger partial charge is 0.487 e. The number of aryl methyl sites for hydroxylation is 2. The van der Waals surface area contributed by atoms with Gasteiger partial charge in [-0.15, -0.1) is 0 Å². The molecule has 2 bridgehead atoms. The van der Waals surface area contributed by atoms with Crippen LogP contribution in [0.25, 0.3) is 11.1 Å². The van der Waals surface area contributed by atoms with Crippen molar-refractivity contribution < 1.29 is 13.9 Å². The SMILES string of the molecule is C[C@H]1Oc2cc(cnc2N)-c2c(nn(C)c2C#N)CCC2(CC2)Oc2ccc(F)cc21. The molecule has 5 rings (SSSR count).